The highest BCUT2D eigenvalue weighted by molar-refractivity contribution is 6.37. The molecule has 6 heteroatoms. The number of hydrogen-bond acceptors (Lipinski definition) is 2. The number of carboxylic acid groups (broad SMARTS) is 1. The molecular formula is C16H11Cl3O3. The Hall–Kier alpha value is -1.68. The molecule has 2 rings (SSSR count). The number of benzene rings is 2. The summed E-state index contributed by atoms with van der Waals surface area (Å²) < 4.78 is 5.63. The molecule has 0 aliphatic carbocycles. The third kappa shape index (κ3) is 4.67. The lowest BCUT2D eigenvalue weighted by Crippen LogP contribution is -1.97. The van der Waals surface area contributed by atoms with Crippen molar-refractivity contribution >= 4 is 46.8 Å². The van der Waals surface area contributed by atoms with Gasteiger partial charge >= 0.3 is 5.97 Å². The molecule has 0 atom stereocenters. The third-order valence-electron chi connectivity index (χ3n) is 2.71. The van der Waals surface area contributed by atoms with Crippen molar-refractivity contribution in [3.8, 4) is 5.75 Å². The van der Waals surface area contributed by atoms with Gasteiger partial charge in [-0.05, 0) is 41.5 Å². The Balaban J connectivity index is 2.16. The summed E-state index contributed by atoms with van der Waals surface area (Å²) in [5, 5.41) is 9.84. The summed E-state index contributed by atoms with van der Waals surface area (Å²) in [4.78, 5) is 10.5. The van der Waals surface area contributed by atoms with Gasteiger partial charge < -0.3 is 9.84 Å². The average Bonchev–Trinajstić information content (AvgIpc) is 2.44. The summed E-state index contributed by atoms with van der Waals surface area (Å²) in [5.74, 6) is -0.704. The normalized spacial score (nSPS) is 10.9. The van der Waals surface area contributed by atoms with E-state index in [4.69, 9.17) is 44.6 Å². The summed E-state index contributed by atoms with van der Waals surface area (Å²) in [6.45, 7) is 0.268. The van der Waals surface area contributed by atoms with E-state index in [1.165, 1.54) is 6.08 Å². The highest BCUT2D eigenvalue weighted by Crippen LogP contribution is 2.35. The van der Waals surface area contributed by atoms with E-state index in [-0.39, 0.29) is 6.61 Å². The minimum Gasteiger partial charge on any atom is -0.486 e. The molecule has 0 aliphatic rings. The Morgan fingerprint density at radius 2 is 1.82 bits per heavy atom. The fourth-order valence-electron chi connectivity index (χ4n) is 1.76. The minimum absolute atomic E-state index is 0.268. The Morgan fingerprint density at radius 3 is 2.41 bits per heavy atom. The molecule has 0 fully saturated rings. The zero-order chi connectivity index (χ0) is 16.1. The van der Waals surface area contributed by atoms with Crippen LogP contribution in [0.5, 0.6) is 5.75 Å². The van der Waals surface area contributed by atoms with Gasteiger partial charge in [0.05, 0.1) is 10.0 Å². The molecule has 0 saturated heterocycles. The Labute approximate surface area is 142 Å². The van der Waals surface area contributed by atoms with E-state index in [2.05, 4.69) is 0 Å². The molecule has 0 aromatic heterocycles. The number of carbonyl (C=O) groups is 1. The van der Waals surface area contributed by atoms with Crippen LogP contribution in [0.3, 0.4) is 0 Å². The number of hydrogen-bond donors (Lipinski definition) is 1. The van der Waals surface area contributed by atoms with Crippen LogP contribution in [0.2, 0.25) is 15.1 Å². The van der Waals surface area contributed by atoms with Crippen molar-refractivity contribution in [3.05, 3.63) is 68.7 Å². The molecule has 1 N–H and O–H groups in total. The first kappa shape index (κ1) is 16.7. The molecule has 3 nitrogen and oxygen atoms in total. The molecule has 0 bridgehead atoms. The van der Waals surface area contributed by atoms with Crippen LogP contribution in [0, 0.1) is 0 Å². The van der Waals surface area contributed by atoms with E-state index in [0.29, 0.717) is 26.4 Å². The van der Waals surface area contributed by atoms with Crippen LogP contribution in [0.1, 0.15) is 11.1 Å². The van der Waals surface area contributed by atoms with Gasteiger partial charge in [0, 0.05) is 11.1 Å². The number of carboxylic acids is 1. The predicted molar refractivity (Wildman–Crippen MR) is 88.9 cm³/mol. The lowest BCUT2D eigenvalue weighted by molar-refractivity contribution is -0.131. The van der Waals surface area contributed by atoms with E-state index >= 15 is 0 Å². The second-order valence-electron chi connectivity index (χ2n) is 4.40. The lowest BCUT2D eigenvalue weighted by Gasteiger charge is -2.11. The van der Waals surface area contributed by atoms with Crippen molar-refractivity contribution in [1.29, 1.82) is 0 Å². The molecule has 0 heterocycles. The molecule has 0 amide bonds. The van der Waals surface area contributed by atoms with Gasteiger partial charge in [0.2, 0.25) is 0 Å². The van der Waals surface area contributed by atoms with Gasteiger partial charge in [-0.15, -0.1) is 0 Å². The van der Waals surface area contributed by atoms with Crippen LogP contribution < -0.4 is 4.74 Å². The molecular weight excluding hydrogens is 347 g/mol. The maximum atomic E-state index is 10.5. The number of halogens is 3. The zero-order valence-electron chi connectivity index (χ0n) is 11.2. The highest BCUT2D eigenvalue weighted by atomic mass is 35.5. The molecule has 0 spiro atoms. The van der Waals surface area contributed by atoms with Crippen LogP contribution >= 0.6 is 34.8 Å². The van der Waals surface area contributed by atoms with E-state index in [1.54, 1.807) is 24.3 Å². The minimum atomic E-state index is -1.05. The Kier molecular flexibility index (Phi) is 5.72. The van der Waals surface area contributed by atoms with Gasteiger partial charge in [-0.3, -0.25) is 0 Å². The van der Waals surface area contributed by atoms with Gasteiger partial charge in [0.1, 0.15) is 6.61 Å². The molecule has 114 valence electrons. The fraction of sp³-hybridized carbons (Fsp3) is 0.0625. The first-order chi connectivity index (χ1) is 10.5. The van der Waals surface area contributed by atoms with Gasteiger partial charge in [-0.2, -0.15) is 0 Å². The van der Waals surface area contributed by atoms with Crippen molar-refractivity contribution < 1.29 is 14.6 Å². The van der Waals surface area contributed by atoms with Crippen molar-refractivity contribution in [2.75, 3.05) is 0 Å². The van der Waals surface area contributed by atoms with Crippen molar-refractivity contribution in [1.82, 2.24) is 0 Å². The van der Waals surface area contributed by atoms with Crippen molar-refractivity contribution in [2.24, 2.45) is 0 Å². The van der Waals surface area contributed by atoms with E-state index < -0.39 is 5.97 Å². The van der Waals surface area contributed by atoms with Crippen LogP contribution in [0.25, 0.3) is 6.08 Å². The van der Waals surface area contributed by atoms with Gasteiger partial charge in [-0.1, -0.05) is 46.9 Å². The summed E-state index contributed by atoms with van der Waals surface area (Å²) in [5.41, 5.74) is 1.46. The van der Waals surface area contributed by atoms with Gasteiger partial charge in [-0.25, -0.2) is 4.79 Å². The van der Waals surface area contributed by atoms with E-state index in [9.17, 15) is 4.79 Å². The molecule has 0 saturated carbocycles. The summed E-state index contributed by atoms with van der Waals surface area (Å²) in [6.07, 6.45) is 2.41. The molecule has 2 aromatic carbocycles. The topological polar surface area (TPSA) is 46.5 Å². The number of aliphatic carboxylic acids is 1. The van der Waals surface area contributed by atoms with Crippen LogP contribution in [0.4, 0.5) is 0 Å². The predicted octanol–water partition coefficient (Wildman–Crippen LogP) is 5.32. The zero-order valence-corrected chi connectivity index (χ0v) is 13.5. The molecule has 22 heavy (non-hydrogen) atoms. The third-order valence-corrected chi connectivity index (χ3v) is 3.51. The Morgan fingerprint density at radius 1 is 1.14 bits per heavy atom. The van der Waals surface area contributed by atoms with Gasteiger partial charge in [0.25, 0.3) is 0 Å². The quantitative estimate of drug-likeness (QED) is 0.736. The highest BCUT2D eigenvalue weighted by Gasteiger charge is 2.09. The van der Waals surface area contributed by atoms with Crippen LogP contribution in [0.15, 0.2) is 42.5 Å². The molecule has 2 aromatic rings. The second-order valence-corrected chi connectivity index (χ2v) is 5.65. The second kappa shape index (κ2) is 7.54. The number of ether oxygens (including phenoxy) is 1. The molecule has 0 unspecified atom stereocenters. The number of rotatable bonds is 5. The van der Waals surface area contributed by atoms with E-state index in [0.717, 1.165) is 11.6 Å². The standard InChI is InChI=1S/C16H11Cl3O3/c17-12-3-1-2-11(6-12)9-22-16-13(18)7-10(8-14(16)19)4-5-15(20)21/h1-8H,9H2,(H,20,21). The maximum absolute atomic E-state index is 10.5. The Bertz CT molecular complexity index is 703. The van der Waals surface area contributed by atoms with E-state index in [1.807, 2.05) is 12.1 Å². The summed E-state index contributed by atoms with van der Waals surface area (Å²) >= 11 is 18.2. The summed E-state index contributed by atoms with van der Waals surface area (Å²) in [6, 6.07) is 10.4. The van der Waals surface area contributed by atoms with Gasteiger partial charge in [0.15, 0.2) is 5.75 Å². The SMILES string of the molecule is O=C(O)C=Cc1cc(Cl)c(OCc2cccc(Cl)c2)c(Cl)c1. The lowest BCUT2D eigenvalue weighted by atomic mass is 10.2. The molecule has 0 radical (unpaired) electrons. The average molecular weight is 358 g/mol. The molecule has 0 aliphatic heterocycles. The van der Waals surface area contributed by atoms with Crippen molar-refractivity contribution in [3.63, 3.8) is 0 Å². The smallest absolute Gasteiger partial charge is 0.328 e. The first-order valence-corrected chi connectivity index (χ1v) is 7.36. The monoisotopic (exact) mass is 356 g/mol. The van der Waals surface area contributed by atoms with Crippen LogP contribution in [-0.2, 0) is 11.4 Å². The van der Waals surface area contributed by atoms with Crippen molar-refractivity contribution in [2.45, 2.75) is 6.61 Å². The fourth-order valence-corrected chi connectivity index (χ4v) is 2.59. The largest absolute Gasteiger partial charge is 0.486 e. The first-order valence-electron chi connectivity index (χ1n) is 6.23. The maximum Gasteiger partial charge on any atom is 0.328 e. The van der Waals surface area contributed by atoms with Crippen LogP contribution in [-0.4, -0.2) is 11.1 Å². The summed E-state index contributed by atoms with van der Waals surface area (Å²) in [7, 11) is 0.